The SMILES string of the molecule is C1=CN(c2cc3ccccc3nc2C2CC2)CN=C1. The quantitative estimate of drug-likeness (QED) is 0.815. The van der Waals surface area contributed by atoms with E-state index in [0.717, 1.165) is 5.52 Å². The number of rotatable bonds is 2. The average molecular weight is 249 g/mol. The van der Waals surface area contributed by atoms with Crippen LogP contribution in [-0.2, 0) is 0 Å². The van der Waals surface area contributed by atoms with Crippen LogP contribution in [0.1, 0.15) is 24.5 Å². The van der Waals surface area contributed by atoms with Gasteiger partial charge in [-0.3, -0.25) is 9.98 Å². The zero-order valence-corrected chi connectivity index (χ0v) is 10.7. The predicted octanol–water partition coefficient (Wildman–Crippen LogP) is 3.47. The third-order valence-electron chi connectivity index (χ3n) is 3.70. The minimum atomic E-state index is 0.638. The van der Waals surface area contributed by atoms with Crippen molar-refractivity contribution in [1.82, 2.24) is 4.98 Å². The first kappa shape index (κ1) is 10.7. The Bertz CT molecular complexity index is 683. The summed E-state index contributed by atoms with van der Waals surface area (Å²) >= 11 is 0. The second-order valence-electron chi connectivity index (χ2n) is 5.14. The maximum absolute atomic E-state index is 4.88. The van der Waals surface area contributed by atoms with Crippen molar-refractivity contribution >= 4 is 22.8 Å². The molecule has 0 spiro atoms. The van der Waals surface area contributed by atoms with Gasteiger partial charge in [-0.05, 0) is 31.1 Å². The molecule has 0 radical (unpaired) electrons. The fraction of sp³-hybridized carbons (Fsp3) is 0.250. The first-order chi connectivity index (χ1) is 9.42. The summed E-state index contributed by atoms with van der Waals surface area (Å²) in [7, 11) is 0. The molecule has 3 heteroatoms. The van der Waals surface area contributed by atoms with Gasteiger partial charge < -0.3 is 4.90 Å². The summed E-state index contributed by atoms with van der Waals surface area (Å²) in [5, 5.41) is 1.20. The number of benzene rings is 1. The van der Waals surface area contributed by atoms with E-state index >= 15 is 0 Å². The molecule has 1 aliphatic heterocycles. The Morgan fingerprint density at radius 3 is 2.84 bits per heavy atom. The van der Waals surface area contributed by atoms with Crippen molar-refractivity contribution in [2.45, 2.75) is 18.8 Å². The van der Waals surface area contributed by atoms with Gasteiger partial charge in [-0.25, -0.2) is 0 Å². The fourth-order valence-electron chi connectivity index (χ4n) is 2.55. The molecule has 0 bridgehead atoms. The Balaban J connectivity index is 1.89. The third kappa shape index (κ3) is 1.91. The van der Waals surface area contributed by atoms with Crippen LogP contribution in [0.15, 0.2) is 47.6 Å². The third-order valence-corrected chi connectivity index (χ3v) is 3.70. The number of fused-ring (bicyclic) bond motifs is 1. The van der Waals surface area contributed by atoms with E-state index in [2.05, 4.69) is 46.4 Å². The van der Waals surface area contributed by atoms with Crippen molar-refractivity contribution in [3.05, 3.63) is 48.3 Å². The van der Waals surface area contributed by atoms with E-state index in [-0.39, 0.29) is 0 Å². The van der Waals surface area contributed by atoms with E-state index < -0.39 is 0 Å². The van der Waals surface area contributed by atoms with Gasteiger partial charge in [0, 0.05) is 23.7 Å². The average Bonchev–Trinajstić information content (AvgIpc) is 3.31. The Kier molecular flexibility index (Phi) is 2.37. The van der Waals surface area contributed by atoms with E-state index in [9.17, 15) is 0 Å². The molecule has 0 atom stereocenters. The van der Waals surface area contributed by atoms with Crippen molar-refractivity contribution in [3.8, 4) is 0 Å². The molecule has 19 heavy (non-hydrogen) atoms. The highest BCUT2D eigenvalue weighted by Gasteiger charge is 2.29. The summed E-state index contributed by atoms with van der Waals surface area (Å²) in [4.78, 5) is 11.4. The molecule has 3 nitrogen and oxygen atoms in total. The van der Waals surface area contributed by atoms with Gasteiger partial charge in [0.1, 0.15) is 6.67 Å². The Morgan fingerprint density at radius 2 is 2.05 bits per heavy atom. The summed E-state index contributed by atoms with van der Waals surface area (Å²) in [5.74, 6) is 0.638. The highest BCUT2D eigenvalue weighted by Crippen LogP contribution is 2.44. The van der Waals surface area contributed by atoms with Crippen molar-refractivity contribution in [3.63, 3.8) is 0 Å². The van der Waals surface area contributed by atoms with Crippen LogP contribution in [0.2, 0.25) is 0 Å². The number of aromatic nitrogens is 1. The van der Waals surface area contributed by atoms with Crippen molar-refractivity contribution < 1.29 is 0 Å². The Morgan fingerprint density at radius 1 is 1.16 bits per heavy atom. The Hall–Kier alpha value is -2.16. The number of nitrogens with zero attached hydrogens (tertiary/aromatic N) is 3. The topological polar surface area (TPSA) is 28.5 Å². The van der Waals surface area contributed by atoms with Crippen molar-refractivity contribution in [1.29, 1.82) is 0 Å². The number of allylic oxidation sites excluding steroid dienone is 1. The van der Waals surface area contributed by atoms with Gasteiger partial charge in [0.15, 0.2) is 0 Å². The largest absolute Gasteiger partial charge is 0.326 e. The van der Waals surface area contributed by atoms with Crippen LogP contribution in [0.25, 0.3) is 10.9 Å². The Labute approximate surface area is 112 Å². The minimum absolute atomic E-state index is 0.638. The molecule has 94 valence electrons. The van der Waals surface area contributed by atoms with E-state index in [1.807, 2.05) is 12.3 Å². The maximum Gasteiger partial charge on any atom is 0.114 e. The van der Waals surface area contributed by atoms with Gasteiger partial charge in [0.05, 0.1) is 16.9 Å². The molecule has 0 unspecified atom stereocenters. The number of para-hydroxylation sites is 1. The number of aliphatic imine (C=N–C) groups is 1. The molecular formula is C16H15N3. The summed E-state index contributed by atoms with van der Waals surface area (Å²) in [6, 6.07) is 10.6. The molecule has 1 saturated carbocycles. The monoisotopic (exact) mass is 249 g/mol. The van der Waals surface area contributed by atoms with Gasteiger partial charge in [0.25, 0.3) is 0 Å². The highest BCUT2D eigenvalue weighted by molar-refractivity contribution is 5.84. The predicted molar refractivity (Wildman–Crippen MR) is 78.7 cm³/mol. The van der Waals surface area contributed by atoms with Gasteiger partial charge in [-0.2, -0.15) is 0 Å². The normalized spacial score (nSPS) is 18.2. The minimum Gasteiger partial charge on any atom is -0.326 e. The van der Waals surface area contributed by atoms with Gasteiger partial charge >= 0.3 is 0 Å². The van der Waals surface area contributed by atoms with Gasteiger partial charge in [-0.1, -0.05) is 18.2 Å². The number of hydrogen-bond donors (Lipinski definition) is 0. The van der Waals surface area contributed by atoms with Crippen LogP contribution in [0.3, 0.4) is 0 Å². The molecule has 0 N–H and O–H groups in total. The lowest BCUT2D eigenvalue weighted by Crippen LogP contribution is -2.20. The summed E-state index contributed by atoms with van der Waals surface area (Å²) < 4.78 is 0. The summed E-state index contributed by atoms with van der Waals surface area (Å²) in [5.41, 5.74) is 3.55. The van der Waals surface area contributed by atoms with Crippen molar-refractivity contribution in [2.24, 2.45) is 4.99 Å². The second kappa shape index (κ2) is 4.19. The van der Waals surface area contributed by atoms with Crippen LogP contribution in [0, 0.1) is 0 Å². The van der Waals surface area contributed by atoms with Crippen LogP contribution in [-0.4, -0.2) is 17.9 Å². The van der Waals surface area contributed by atoms with E-state index in [1.54, 1.807) is 0 Å². The molecule has 0 amide bonds. The lowest BCUT2D eigenvalue weighted by molar-refractivity contribution is 0.933. The molecule has 0 saturated heterocycles. The molecule has 1 fully saturated rings. The first-order valence-electron chi connectivity index (χ1n) is 6.75. The first-order valence-corrected chi connectivity index (χ1v) is 6.75. The van der Waals surface area contributed by atoms with Crippen LogP contribution in [0.4, 0.5) is 5.69 Å². The van der Waals surface area contributed by atoms with Crippen LogP contribution >= 0.6 is 0 Å². The number of hydrogen-bond acceptors (Lipinski definition) is 3. The highest BCUT2D eigenvalue weighted by atomic mass is 15.2. The molecular weight excluding hydrogens is 234 g/mol. The van der Waals surface area contributed by atoms with E-state index in [4.69, 9.17) is 4.98 Å². The molecule has 2 aliphatic rings. The standard InChI is InChI=1S/C16H15N3/c1-2-5-14-13(4-1)10-15(16(18-14)12-6-7-12)19-9-3-8-17-11-19/h1-5,8-10,12H,6-7,11H2. The molecule has 1 aromatic heterocycles. The number of anilines is 1. The van der Waals surface area contributed by atoms with Gasteiger partial charge in [-0.15, -0.1) is 0 Å². The van der Waals surface area contributed by atoms with E-state index in [0.29, 0.717) is 12.6 Å². The molecule has 1 aliphatic carbocycles. The van der Waals surface area contributed by atoms with Crippen LogP contribution in [0.5, 0.6) is 0 Å². The van der Waals surface area contributed by atoms with Crippen molar-refractivity contribution in [2.75, 3.05) is 11.6 Å². The lowest BCUT2D eigenvalue weighted by atomic mass is 10.1. The smallest absolute Gasteiger partial charge is 0.114 e. The van der Waals surface area contributed by atoms with E-state index in [1.165, 1.54) is 29.6 Å². The summed E-state index contributed by atoms with van der Waals surface area (Å²) in [6.07, 6.45) is 8.44. The zero-order valence-electron chi connectivity index (χ0n) is 10.7. The second-order valence-corrected chi connectivity index (χ2v) is 5.14. The maximum atomic E-state index is 4.88. The molecule has 2 aromatic rings. The lowest BCUT2D eigenvalue weighted by Gasteiger charge is -2.23. The fourth-order valence-corrected chi connectivity index (χ4v) is 2.55. The summed E-state index contributed by atoms with van der Waals surface area (Å²) in [6.45, 7) is 0.691. The molecule has 1 aromatic carbocycles. The number of pyridine rings is 1. The van der Waals surface area contributed by atoms with Crippen LogP contribution < -0.4 is 4.90 Å². The van der Waals surface area contributed by atoms with Gasteiger partial charge in [0.2, 0.25) is 0 Å². The zero-order chi connectivity index (χ0) is 12.7. The molecule has 4 rings (SSSR count). The molecule has 2 heterocycles.